The van der Waals surface area contributed by atoms with Gasteiger partial charge in [-0.1, -0.05) is 11.3 Å². The second-order valence-corrected chi connectivity index (χ2v) is 6.00. The van der Waals surface area contributed by atoms with Crippen LogP contribution in [0.25, 0.3) is 0 Å². The number of aromatic nitrogens is 1. The highest BCUT2D eigenvalue weighted by atomic mass is 79.9. The number of benzene rings is 1. The van der Waals surface area contributed by atoms with E-state index in [0.717, 1.165) is 23.5 Å². The van der Waals surface area contributed by atoms with Crippen molar-refractivity contribution >= 4 is 44.0 Å². The van der Waals surface area contributed by atoms with Gasteiger partial charge in [0.1, 0.15) is 4.88 Å². The zero-order chi connectivity index (χ0) is 15.8. The second kappa shape index (κ2) is 5.64. The van der Waals surface area contributed by atoms with Crippen LogP contribution in [0.2, 0.25) is 0 Å². The fourth-order valence-electron chi connectivity index (χ4n) is 1.60. The Bertz CT molecular complexity index is 700. The fourth-order valence-corrected chi connectivity index (χ4v) is 2.68. The number of hydrogen-bond donors (Lipinski definition) is 2. The standard InChI is InChI=1S/C12H9BrF3N3OS/c1-5-9(21-11(17)18-5)10(20)19-8-4-6(12(14,15)16)2-3-7(8)13/h2-4H,1H3,(H2,17,18)(H,19,20). The van der Waals surface area contributed by atoms with Crippen molar-refractivity contribution in [1.82, 2.24) is 4.98 Å². The van der Waals surface area contributed by atoms with E-state index in [2.05, 4.69) is 26.2 Å². The van der Waals surface area contributed by atoms with E-state index in [1.807, 2.05) is 0 Å². The van der Waals surface area contributed by atoms with Crippen LogP contribution in [-0.4, -0.2) is 10.9 Å². The molecule has 0 saturated carbocycles. The molecule has 1 aromatic heterocycles. The van der Waals surface area contributed by atoms with E-state index in [9.17, 15) is 18.0 Å². The third kappa shape index (κ3) is 3.53. The van der Waals surface area contributed by atoms with Gasteiger partial charge >= 0.3 is 6.18 Å². The summed E-state index contributed by atoms with van der Waals surface area (Å²) in [5.74, 6) is -0.554. The maximum Gasteiger partial charge on any atom is 0.416 e. The molecule has 0 atom stereocenters. The number of thiazole rings is 1. The number of aryl methyl sites for hydroxylation is 1. The van der Waals surface area contributed by atoms with Crippen LogP contribution >= 0.6 is 27.3 Å². The molecule has 0 aliphatic rings. The Balaban J connectivity index is 2.31. The summed E-state index contributed by atoms with van der Waals surface area (Å²) in [6, 6.07) is 3.02. The zero-order valence-corrected chi connectivity index (χ0v) is 13.0. The summed E-state index contributed by atoms with van der Waals surface area (Å²) < 4.78 is 38.4. The van der Waals surface area contributed by atoms with Crippen LogP contribution in [0.5, 0.6) is 0 Å². The van der Waals surface area contributed by atoms with E-state index >= 15 is 0 Å². The van der Waals surface area contributed by atoms with E-state index in [0.29, 0.717) is 10.2 Å². The summed E-state index contributed by atoms with van der Waals surface area (Å²) in [4.78, 5) is 16.2. The molecule has 2 rings (SSSR count). The van der Waals surface area contributed by atoms with E-state index in [1.54, 1.807) is 6.92 Å². The molecule has 0 saturated heterocycles. The van der Waals surface area contributed by atoms with Crippen LogP contribution in [0, 0.1) is 6.92 Å². The van der Waals surface area contributed by atoms with Crippen molar-refractivity contribution in [3.05, 3.63) is 38.8 Å². The normalized spacial score (nSPS) is 11.5. The second-order valence-electron chi connectivity index (χ2n) is 4.11. The third-order valence-corrected chi connectivity index (χ3v) is 4.24. The van der Waals surface area contributed by atoms with Crippen LogP contribution in [0.3, 0.4) is 0 Å². The van der Waals surface area contributed by atoms with Crippen LogP contribution < -0.4 is 11.1 Å². The number of carbonyl (C=O) groups is 1. The van der Waals surface area contributed by atoms with E-state index in [-0.39, 0.29) is 15.7 Å². The number of nitrogens with two attached hydrogens (primary N) is 1. The summed E-state index contributed by atoms with van der Waals surface area (Å²) in [5.41, 5.74) is 5.10. The molecule has 3 N–H and O–H groups in total. The first kappa shape index (κ1) is 15.8. The Morgan fingerprint density at radius 1 is 1.43 bits per heavy atom. The lowest BCUT2D eigenvalue weighted by atomic mass is 10.2. The van der Waals surface area contributed by atoms with Gasteiger partial charge in [0, 0.05) is 4.47 Å². The van der Waals surface area contributed by atoms with Gasteiger partial charge in [0.15, 0.2) is 5.13 Å². The molecule has 112 valence electrons. The molecule has 9 heteroatoms. The minimum atomic E-state index is -4.48. The molecule has 2 aromatic rings. The molecule has 0 aliphatic carbocycles. The molecule has 0 bridgehead atoms. The van der Waals surface area contributed by atoms with Gasteiger partial charge in [0.25, 0.3) is 5.91 Å². The van der Waals surface area contributed by atoms with Crippen molar-refractivity contribution in [1.29, 1.82) is 0 Å². The van der Waals surface area contributed by atoms with Crippen LogP contribution in [0.4, 0.5) is 24.0 Å². The number of anilines is 2. The smallest absolute Gasteiger partial charge is 0.375 e. The first-order valence-corrected chi connectivity index (χ1v) is 7.20. The number of hydrogen-bond acceptors (Lipinski definition) is 4. The predicted molar refractivity (Wildman–Crippen MR) is 78.4 cm³/mol. The number of rotatable bonds is 2. The van der Waals surface area contributed by atoms with E-state index < -0.39 is 17.6 Å². The van der Waals surface area contributed by atoms with Crippen molar-refractivity contribution in [2.75, 3.05) is 11.1 Å². The highest BCUT2D eigenvalue weighted by molar-refractivity contribution is 9.10. The van der Waals surface area contributed by atoms with Gasteiger partial charge in [-0.05, 0) is 41.1 Å². The first-order chi connectivity index (χ1) is 9.68. The maximum atomic E-state index is 12.7. The van der Waals surface area contributed by atoms with Crippen LogP contribution in [0.15, 0.2) is 22.7 Å². The van der Waals surface area contributed by atoms with Gasteiger partial charge < -0.3 is 11.1 Å². The Labute approximate surface area is 130 Å². The molecule has 4 nitrogen and oxygen atoms in total. The zero-order valence-electron chi connectivity index (χ0n) is 10.6. The highest BCUT2D eigenvalue weighted by Gasteiger charge is 2.31. The number of carbonyl (C=O) groups excluding carboxylic acids is 1. The predicted octanol–water partition coefficient (Wildman–Crippen LogP) is 4.07. The molecular weight excluding hydrogens is 371 g/mol. The number of nitrogens with one attached hydrogen (secondary N) is 1. The molecule has 1 amide bonds. The molecule has 0 aliphatic heterocycles. The lowest BCUT2D eigenvalue weighted by Crippen LogP contribution is -2.13. The minimum absolute atomic E-state index is 0.0289. The number of nitrogen functional groups attached to an aromatic ring is 1. The topological polar surface area (TPSA) is 68.0 Å². The molecule has 1 heterocycles. The van der Waals surface area contributed by atoms with Crippen molar-refractivity contribution < 1.29 is 18.0 Å². The van der Waals surface area contributed by atoms with Gasteiger partial charge in [-0.25, -0.2) is 4.98 Å². The SMILES string of the molecule is Cc1nc(N)sc1C(=O)Nc1cc(C(F)(F)F)ccc1Br. The average molecular weight is 380 g/mol. The molecular formula is C12H9BrF3N3OS. The van der Waals surface area contributed by atoms with Crippen LogP contribution in [0.1, 0.15) is 20.9 Å². The number of amides is 1. The number of nitrogens with zero attached hydrogens (tertiary/aromatic N) is 1. The third-order valence-electron chi connectivity index (χ3n) is 2.56. The summed E-state index contributed by atoms with van der Waals surface area (Å²) >= 11 is 4.08. The Morgan fingerprint density at radius 2 is 2.10 bits per heavy atom. The minimum Gasteiger partial charge on any atom is -0.375 e. The fraction of sp³-hybridized carbons (Fsp3) is 0.167. The number of alkyl halides is 3. The Hall–Kier alpha value is -1.61. The van der Waals surface area contributed by atoms with Crippen molar-refractivity contribution in [2.24, 2.45) is 0 Å². The van der Waals surface area contributed by atoms with Gasteiger partial charge in [-0.2, -0.15) is 13.2 Å². The Kier molecular flexibility index (Phi) is 4.24. The van der Waals surface area contributed by atoms with Gasteiger partial charge in [-0.3, -0.25) is 4.79 Å². The summed E-state index contributed by atoms with van der Waals surface area (Å²) in [6.45, 7) is 1.60. The molecule has 0 radical (unpaired) electrons. The average Bonchev–Trinajstić information content (AvgIpc) is 2.70. The number of halogens is 4. The quantitative estimate of drug-likeness (QED) is 0.826. The van der Waals surface area contributed by atoms with Crippen molar-refractivity contribution in [3.63, 3.8) is 0 Å². The van der Waals surface area contributed by atoms with Crippen molar-refractivity contribution in [2.45, 2.75) is 13.1 Å². The summed E-state index contributed by atoms with van der Waals surface area (Å²) in [6.07, 6.45) is -4.48. The largest absolute Gasteiger partial charge is 0.416 e. The van der Waals surface area contributed by atoms with Crippen molar-refractivity contribution in [3.8, 4) is 0 Å². The summed E-state index contributed by atoms with van der Waals surface area (Å²) in [5, 5.41) is 2.65. The lowest BCUT2D eigenvalue weighted by Gasteiger charge is -2.11. The monoisotopic (exact) mass is 379 g/mol. The lowest BCUT2D eigenvalue weighted by molar-refractivity contribution is -0.137. The van der Waals surface area contributed by atoms with Gasteiger partial charge in [0.2, 0.25) is 0 Å². The van der Waals surface area contributed by atoms with E-state index in [1.165, 1.54) is 6.07 Å². The molecule has 0 spiro atoms. The van der Waals surface area contributed by atoms with Gasteiger partial charge in [0.05, 0.1) is 16.9 Å². The van der Waals surface area contributed by atoms with Gasteiger partial charge in [-0.15, -0.1) is 0 Å². The first-order valence-electron chi connectivity index (χ1n) is 5.59. The molecule has 1 aromatic carbocycles. The molecule has 0 unspecified atom stereocenters. The van der Waals surface area contributed by atoms with E-state index in [4.69, 9.17) is 5.73 Å². The maximum absolute atomic E-state index is 12.7. The highest BCUT2D eigenvalue weighted by Crippen LogP contribution is 2.34. The molecule has 0 fully saturated rings. The molecule has 21 heavy (non-hydrogen) atoms. The Morgan fingerprint density at radius 3 is 2.62 bits per heavy atom. The summed E-state index contributed by atoms with van der Waals surface area (Å²) in [7, 11) is 0. The van der Waals surface area contributed by atoms with Crippen LogP contribution in [-0.2, 0) is 6.18 Å².